The molecule has 180 valence electrons. The summed E-state index contributed by atoms with van der Waals surface area (Å²) < 4.78 is 1.98. The van der Waals surface area contributed by atoms with Crippen LogP contribution in [0.1, 0.15) is 22.5 Å². The average molecular weight is 549 g/mol. The maximum atomic E-state index is 12.9. The van der Waals surface area contributed by atoms with Crippen molar-refractivity contribution in [2.24, 2.45) is 0 Å². The molecule has 1 aromatic heterocycles. The van der Waals surface area contributed by atoms with Crippen LogP contribution >= 0.6 is 46.6 Å². The van der Waals surface area contributed by atoms with Gasteiger partial charge in [0.25, 0.3) is 11.1 Å². The maximum absolute atomic E-state index is 12.9. The van der Waals surface area contributed by atoms with Gasteiger partial charge in [0.1, 0.15) is 6.54 Å². The number of nitrogens with zero attached hydrogens (tertiary/aromatic N) is 2. The molecule has 1 aliphatic rings. The first kappa shape index (κ1) is 25.4. The van der Waals surface area contributed by atoms with Gasteiger partial charge in [-0.3, -0.25) is 19.3 Å². The standard InChI is InChI=1S/C25H20Cl3N3O3S/c1-13-4-5-17(10-20(13)27)29-23(32)12-30-24(33)22(35-25(30)34)9-16-8-14(2)31(15(16)3)18-6-7-19(26)21(28)11-18/h4-11H,12H2,1-3H3,(H,29,32)/b22-9-. The van der Waals surface area contributed by atoms with Crippen LogP contribution in [0, 0.1) is 20.8 Å². The van der Waals surface area contributed by atoms with Crippen molar-refractivity contribution in [1.29, 1.82) is 0 Å². The Morgan fingerprint density at radius 1 is 0.971 bits per heavy atom. The van der Waals surface area contributed by atoms with Crippen LogP contribution in [0.4, 0.5) is 10.5 Å². The van der Waals surface area contributed by atoms with E-state index in [0.717, 1.165) is 44.9 Å². The molecule has 0 aliphatic carbocycles. The normalized spacial score (nSPS) is 14.8. The highest BCUT2D eigenvalue weighted by molar-refractivity contribution is 8.18. The van der Waals surface area contributed by atoms with Gasteiger partial charge in [0.05, 0.1) is 15.0 Å². The van der Waals surface area contributed by atoms with Gasteiger partial charge in [-0.25, -0.2) is 0 Å². The molecule has 1 N–H and O–H groups in total. The van der Waals surface area contributed by atoms with E-state index in [2.05, 4.69) is 5.32 Å². The molecule has 0 spiro atoms. The third kappa shape index (κ3) is 5.28. The molecule has 0 saturated carbocycles. The predicted molar refractivity (Wildman–Crippen MR) is 143 cm³/mol. The lowest BCUT2D eigenvalue weighted by Gasteiger charge is -2.13. The van der Waals surface area contributed by atoms with E-state index in [4.69, 9.17) is 34.8 Å². The van der Waals surface area contributed by atoms with E-state index in [-0.39, 0.29) is 4.91 Å². The van der Waals surface area contributed by atoms with Crippen LogP contribution in [0.25, 0.3) is 11.8 Å². The zero-order valence-corrected chi connectivity index (χ0v) is 22.1. The molecule has 1 fully saturated rings. The van der Waals surface area contributed by atoms with Crippen LogP contribution in [-0.4, -0.2) is 33.1 Å². The Labute approximate surface area is 221 Å². The van der Waals surface area contributed by atoms with Crippen LogP contribution < -0.4 is 5.32 Å². The number of benzene rings is 2. The van der Waals surface area contributed by atoms with Crippen molar-refractivity contribution >= 4 is 75.4 Å². The maximum Gasteiger partial charge on any atom is 0.294 e. The van der Waals surface area contributed by atoms with E-state index >= 15 is 0 Å². The molecule has 6 nitrogen and oxygen atoms in total. The number of aromatic nitrogens is 1. The quantitative estimate of drug-likeness (QED) is 0.347. The lowest BCUT2D eigenvalue weighted by atomic mass is 10.2. The van der Waals surface area contributed by atoms with Crippen molar-refractivity contribution in [1.82, 2.24) is 9.47 Å². The fourth-order valence-electron chi connectivity index (χ4n) is 3.75. The van der Waals surface area contributed by atoms with Gasteiger partial charge >= 0.3 is 0 Å². The first-order valence-corrected chi connectivity index (χ1v) is 12.5. The Balaban J connectivity index is 1.53. The highest BCUT2D eigenvalue weighted by atomic mass is 35.5. The average Bonchev–Trinajstić information content (AvgIpc) is 3.22. The summed E-state index contributed by atoms with van der Waals surface area (Å²) in [6.45, 7) is 5.30. The van der Waals surface area contributed by atoms with Gasteiger partial charge < -0.3 is 9.88 Å². The van der Waals surface area contributed by atoms with Gasteiger partial charge in [-0.05, 0) is 86.1 Å². The zero-order valence-electron chi connectivity index (χ0n) is 19.0. The van der Waals surface area contributed by atoms with Crippen LogP contribution in [-0.2, 0) is 9.59 Å². The number of imide groups is 1. The third-order valence-corrected chi connectivity index (χ3v) is 7.60. The van der Waals surface area contributed by atoms with E-state index in [1.54, 1.807) is 36.4 Å². The highest BCUT2D eigenvalue weighted by Crippen LogP contribution is 2.34. The van der Waals surface area contributed by atoms with Crippen molar-refractivity contribution in [2.75, 3.05) is 11.9 Å². The number of halogens is 3. The molecule has 3 amide bonds. The van der Waals surface area contributed by atoms with Crippen molar-refractivity contribution in [3.05, 3.63) is 85.0 Å². The number of anilines is 1. The lowest BCUT2D eigenvalue weighted by molar-refractivity contribution is -0.127. The molecule has 1 saturated heterocycles. The Hall–Kier alpha value is -2.71. The number of hydrogen-bond donors (Lipinski definition) is 1. The number of thioether (sulfide) groups is 1. The highest BCUT2D eigenvalue weighted by Gasteiger charge is 2.36. The molecule has 0 radical (unpaired) electrons. The number of carbonyl (C=O) groups excluding carboxylic acids is 3. The Morgan fingerprint density at radius 3 is 2.40 bits per heavy atom. The lowest BCUT2D eigenvalue weighted by Crippen LogP contribution is -2.36. The largest absolute Gasteiger partial charge is 0.324 e. The number of carbonyl (C=O) groups is 3. The van der Waals surface area contributed by atoms with Crippen LogP contribution in [0.3, 0.4) is 0 Å². The van der Waals surface area contributed by atoms with Gasteiger partial charge in [0, 0.05) is 27.8 Å². The fraction of sp³-hybridized carbons (Fsp3) is 0.160. The van der Waals surface area contributed by atoms with E-state index < -0.39 is 23.6 Å². The second-order valence-corrected chi connectivity index (χ2v) is 10.3. The summed E-state index contributed by atoms with van der Waals surface area (Å²) >= 11 is 19.1. The van der Waals surface area contributed by atoms with Gasteiger partial charge in [-0.15, -0.1) is 0 Å². The molecule has 2 aromatic carbocycles. The summed E-state index contributed by atoms with van der Waals surface area (Å²) in [5, 5.41) is 3.57. The Morgan fingerprint density at radius 2 is 1.71 bits per heavy atom. The molecule has 1 aliphatic heterocycles. The van der Waals surface area contributed by atoms with E-state index in [0.29, 0.717) is 20.8 Å². The van der Waals surface area contributed by atoms with Crippen LogP contribution in [0.2, 0.25) is 15.1 Å². The minimum atomic E-state index is -0.517. The summed E-state index contributed by atoms with van der Waals surface area (Å²) in [5.74, 6) is -1.01. The van der Waals surface area contributed by atoms with Gasteiger partial charge in [-0.2, -0.15) is 0 Å². The van der Waals surface area contributed by atoms with E-state index in [1.165, 1.54) is 0 Å². The molecule has 3 aromatic rings. The molecule has 0 atom stereocenters. The van der Waals surface area contributed by atoms with Crippen molar-refractivity contribution in [2.45, 2.75) is 20.8 Å². The molecule has 35 heavy (non-hydrogen) atoms. The van der Waals surface area contributed by atoms with Crippen LogP contribution in [0.5, 0.6) is 0 Å². The molecular formula is C25H20Cl3N3O3S. The second-order valence-electron chi connectivity index (χ2n) is 8.04. The molecule has 10 heteroatoms. The minimum absolute atomic E-state index is 0.246. The monoisotopic (exact) mass is 547 g/mol. The van der Waals surface area contributed by atoms with Crippen LogP contribution in [0.15, 0.2) is 47.4 Å². The van der Waals surface area contributed by atoms with Gasteiger partial charge in [-0.1, -0.05) is 40.9 Å². The predicted octanol–water partition coefficient (Wildman–Crippen LogP) is 7.04. The molecule has 0 bridgehead atoms. The zero-order chi connectivity index (χ0) is 25.4. The summed E-state index contributed by atoms with van der Waals surface area (Å²) in [5.41, 5.74) is 4.75. The first-order chi connectivity index (χ1) is 16.5. The summed E-state index contributed by atoms with van der Waals surface area (Å²) in [7, 11) is 0. The fourth-order valence-corrected chi connectivity index (χ4v) is 5.05. The minimum Gasteiger partial charge on any atom is -0.324 e. The number of nitrogens with one attached hydrogen (secondary N) is 1. The van der Waals surface area contributed by atoms with Gasteiger partial charge in [0.15, 0.2) is 0 Å². The molecule has 4 rings (SSSR count). The van der Waals surface area contributed by atoms with E-state index in [9.17, 15) is 14.4 Å². The van der Waals surface area contributed by atoms with Crippen molar-refractivity contribution in [3.63, 3.8) is 0 Å². The van der Waals surface area contributed by atoms with Crippen molar-refractivity contribution in [3.8, 4) is 5.69 Å². The summed E-state index contributed by atoms with van der Waals surface area (Å²) in [6.07, 6.45) is 1.67. The number of amides is 3. The Bertz CT molecular complexity index is 1410. The van der Waals surface area contributed by atoms with E-state index in [1.807, 2.05) is 37.5 Å². The second kappa shape index (κ2) is 10.1. The number of hydrogen-bond acceptors (Lipinski definition) is 4. The SMILES string of the molecule is Cc1ccc(NC(=O)CN2C(=O)S/C(=C\c3cc(C)n(-c4ccc(Cl)c(Cl)c4)c3C)C2=O)cc1Cl. The third-order valence-electron chi connectivity index (χ3n) is 5.55. The molecule has 0 unspecified atom stereocenters. The Kier molecular flexibility index (Phi) is 7.33. The van der Waals surface area contributed by atoms with Crippen molar-refractivity contribution < 1.29 is 14.4 Å². The topological polar surface area (TPSA) is 71.4 Å². The van der Waals surface area contributed by atoms with Gasteiger partial charge in [0.2, 0.25) is 5.91 Å². The number of rotatable bonds is 5. The summed E-state index contributed by atoms with van der Waals surface area (Å²) in [6, 6.07) is 12.4. The smallest absolute Gasteiger partial charge is 0.294 e. The number of aryl methyl sites for hydroxylation is 2. The molecule has 2 heterocycles. The summed E-state index contributed by atoms with van der Waals surface area (Å²) in [4.78, 5) is 39.1. The molecular weight excluding hydrogens is 529 g/mol. The first-order valence-electron chi connectivity index (χ1n) is 10.5.